The van der Waals surface area contributed by atoms with Gasteiger partial charge in [-0.2, -0.15) is 13.2 Å². The molecular formula is C23H34ClF3N2O7S2. The van der Waals surface area contributed by atoms with Gasteiger partial charge in [-0.3, -0.25) is 4.78 Å². The molecule has 1 aromatic rings. The standard InChI is InChI=1S/C23H34ClF3N2O7S2/c1-21(2,3)35-19(30)18(29-20(31)36-22(4,5)6)12-14-37(28,32)13-11-17(23(25,26)27)15-7-9-16(10-8-15)38(24,33)34/h7-10,17-18,28H,11-14H2,1-6H3,(H,29,31)/t17?,18-,37?/m0/s1. The van der Waals surface area contributed by atoms with Crippen molar-refractivity contribution in [2.24, 2.45) is 0 Å². The number of nitrogens with one attached hydrogen (secondary N) is 2. The lowest BCUT2D eigenvalue weighted by atomic mass is 9.96. The first kappa shape index (κ1) is 34.0. The Balaban J connectivity index is 3.02. The predicted molar refractivity (Wildman–Crippen MR) is 137 cm³/mol. The Hall–Kier alpha value is -2.06. The normalized spacial score (nSPS) is 16.2. The number of rotatable bonds is 10. The van der Waals surface area contributed by atoms with E-state index in [9.17, 15) is 35.4 Å². The van der Waals surface area contributed by atoms with E-state index in [1.165, 1.54) is 0 Å². The minimum atomic E-state index is -4.77. The number of alkyl carbamates (subject to hydrolysis) is 1. The molecule has 38 heavy (non-hydrogen) atoms. The van der Waals surface area contributed by atoms with E-state index in [1.54, 1.807) is 41.5 Å². The fourth-order valence-electron chi connectivity index (χ4n) is 3.17. The molecule has 0 saturated heterocycles. The summed E-state index contributed by atoms with van der Waals surface area (Å²) in [7, 11) is -2.57. The van der Waals surface area contributed by atoms with Gasteiger partial charge in [0.05, 0.1) is 10.8 Å². The van der Waals surface area contributed by atoms with Crippen LogP contribution in [0.5, 0.6) is 0 Å². The van der Waals surface area contributed by atoms with Crippen LogP contribution in [0.4, 0.5) is 18.0 Å². The second-order valence-corrected chi connectivity index (χ2v) is 15.6. The van der Waals surface area contributed by atoms with Crippen LogP contribution < -0.4 is 5.32 Å². The Morgan fingerprint density at radius 3 is 1.82 bits per heavy atom. The third-order valence-electron chi connectivity index (χ3n) is 4.81. The van der Waals surface area contributed by atoms with E-state index >= 15 is 0 Å². The average Bonchev–Trinajstić information content (AvgIpc) is 2.67. The van der Waals surface area contributed by atoms with E-state index in [0.717, 1.165) is 24.3 Å². The van der Waals surface area contributed by atoms with E-state index in [0.29, 0.717) is 0 Å². The van der Waals surface area contributed by atoms with Crippen molar-refractivity contribution in [1.82, 2.24) is 5.32 Å². The van der Waals surface area contributed by atoms with Gasteiger partial charge < -0.3 is 14.8 Å². The number of benzene rings is 1. The van der Waals surface area contributed by atoms with Gasteiger partial charge in [0.1, 0.15) is 17.2 Å². The molecule has 0 aliphatic carbocycles. The summed E-state index contributed by atoms with van der Waals surface area (Å²) in [5.41, 5.74) is -2.09. The highest BCUT2D eigenvalue weighted by molar-refractivity contribution is 8.13. The fourth-order valence-corrected chi connectivity index (χ4v) is 5.38. The van der Waals surface area contributed by atoms with Crippen molar-refractivity contribution < 1.29 is 44.9 Å². The lowest BCUT2D eigenvalue weighted by Gasteiger charge is -2.26. The molecule has 1 rings (SSSR count). The molecule has 0 aliphatic rings. The summed E-state index contributed by atoms with van der Waals surface area (Å²) < 4.78 is 95.4. The summed E-state index contributed by atoms with van der Waals surface area (Å²) >= 11 is 0. The molecule has 0 aliphatic heterocycles. The zero-order valence-electron chi connectivity index (χ0n) is 22.0. The largest absolute Gasteiger partial charge is 0.458 e. The molecule has 218 valence electrons. The van der Waals surface area contributed by atoms with E-state index in [2.05, 4.69) is 5.32 Å². The summed E-state index contributed by atoms with van der Waals surface area (Å²) in [5.74, 6) is -4.16. The number of carbonyl (C=O) groups excluding carboxylic acids is 2. The highest BCUT2D eigenvalue weighted by Crippen LogP contribution is 2.38. The Bertz CT molecular complexity index is 1190. The van der Waals surface area contributed by atoms with Gasteiger partial charge in [0.15, 0.2) is 0 Å². The van der Waals surface area contributed by atoms with Crippen LogP contribution in [0.15, 0.2) is 29.2 Å². The smallest absolute Gasteiger partial charge is 0.408 e. The Morgan fingerprint density at radius 2 is 1.39 bits per heavy atom. The molecule has 0 aromatic heterocycles. The highest BCUT2D eigenvalue weighted by Gasteiger charge is 2.41. The van der Waals surface area contributed by atoms with Crippen molar-refractivity contribution in [3.05, 3.63) is 29.8 Å². The molecule has 2 unspecified atom stereocenters. The Morgan fingerprint density at radius 1 is 0.921 bits per heavy atom. The molecule has 9 nitrogen and oxygen atoms in total. The maximum atomic E-state index is 13.8. The zero-order chi connectivity index (χ0) is 29.7. The molecule has 0 spiro atoms. The number of hydrogen-bond donors (Lipinski definition) is 2. The second kappa shape index (κ2) is 12.4. The van der Waals surface area contributed by atoms with Gasteiger partial charge in [0.25, 0.3) is 9.05 Å². The number of esters is 1. The molecule has 0 heterocycles. The lowest BCUT2D eigenvalue weighted by Crippen LogP contribution is -2.46. The van der Waals surface area contributed by atoms with Crippen LogP contribution >= 0.6 is 10.7 Å². The zero-order valence-corrected chi connectivity index (χ0v) is 24.4. The molecule has 3 atom stereocenters. The number of halogens is 4. The van der Waals surface area contributed by atoms with Crippen LogP contribution in [0.2, 0.25) is 0 Å². The van der Waals surface area contributed by atoms with E-state index in [1.807, 2.05) is 0 Å². The van der Waals surface area contributed by atoms with Crippen LogP contribution in [-0.4, -0.2) is 59.6 Å². The maximum Gasteiger partial charge on any atom is 0.408 e. The average molecular weight is 607 g/mol. The number of amides is 1. The first-order chi connectivity index (χ1) is 16.9. The summed E-state index contributed by atoms with van der Waals surface area (Å²) in [6.45, 7) is 9.58. The van der Waals surface area contributed by atoms with Gasteiger partial charge in [-0.1, -0.05) is 12.1 Å². The minimum absolute atomic E-state index is 0.282. The van der Waals surface area contributed by atoms with Gasteiger partial charge in [-0.05, 0) is 72.1 Å². The third-order valence-corrected chi connectivity index (χ3v) is 7.97. The highest BCUT2D eigenvalue weighted by atomic mass is 35.7. The van der Waals surface area contributed by atoms with Crippen LogP contribution in [0.25, 0.3) is 0 Å². The quantitative estimate of drug-likeness (QED) is 0.271. The van der Waals surface area contributed by atoms with E-state index in [4.69, 9.17) is 24.9 Å². The second-order valence-electron chi connectivity index (χ2n) is 10.6. The van der Waals surface area contributed by atoms with E-state index < -0.39 is 78.1 Å². The lowest BCUT2D eigenvalue weighted by molar-refractivity contribution is -0.157. The minimum Gasteiger partial charge on any atom is -0.458 e. The predicted octanol–water partition coefficient (Wildman–Crippen LogP) is 5.32. The topological polar surface area (TPSA) is 140 Å². The SMILES string of the molecule is CC(C)(C)OC(=O)N[C@@H](CCS(=N)(=O)CCC(c1ccc(S(=O)(=O)Cl)cc1)C(F)(F)F)C(=O)OC(C)(C)C. The molecule has 0 saturated carbocycles. The molecule has 1 amide bonds. The fraction of sp³-hybridized carbons (Fsp3) is 0.652. The summed E-state index contributed by atoms with van der Waals surface area (Å²) in [4.78, 5) is 24.4. The van der Waals surface area contributed by atoms with E-state index in [-0.39, 0.29) is 16.9 Å². The molecule has 0 radical (unpaired) electrons. The summed E-state index contributed by atoms with van der Waals surface area (Å²) in [6, 6.07) is 2.44. The van der Waals surface area contributed by atoms with Crippen molar-refractivity contribution >= 4 is 41.5 Å². The van der Waals surface area contributed by atoms with Gasteiger partial charge in [-0.25, -0.2) is 22.2 Å². The number of ether oxygens (including phenoxy) is 2. The molecular weight excluding hydrogens is 573 g/mol. The monoisotopic (exact) mass is 606 g/mol. The maximum absolute atomic E-state index is 13.8. The van der Waals surface area contributed by atoms with Crippen molar-refractivity contribution in [3.63, 3.8) is 0 Å². The first-order valence-corrected chi connectivity index (χ1v) is 15.7. The third kappa shape index (κ3) is 12.7. The molecule has 0 fully saturated rings. The van der Waals surface area contributed by atoms with Crippen molar-refractivity contribution in [2.75, 3.05) is 11.5 Å². The Labute approximate surface area is 226 Å². The van der Waals surface area contributed by atoms with Gasteiger partial charge in [0, 0.05) is 31.9 Å². The van der Waals surface area contributed by atoms with Gasteiger partial charge in [0.2, 0.25) is 0 Å². The van der Waals surface area contributed by atoms with Crippen molar-refractivity contribution in [3.8, 4) is 0 Å². The number of carbonyl (C=O) groups is 2. The Kier molecular flexibility index (Phi) is 11.1. The van der Waals surface area contributed by atoms with Gasteiger partial charge in [-0.15, -0.1) is 0 Å². The van der Waals surface area contributed by atoms with Crippen LogP contribution in [0.3, 0.4) is 0 Å². The molecule has 2 N–H and O–H groups in total. The summed E-state index contributed by atoms with van der Waals surface area (Å²) in [5, 5.41) is 2.32. The molecule has 15 heteroatoms. The van der Waals surface area contributed by atoms with Crippen molar-refractivity contribution in [2.45, 2.75) is 88.6 Å². The first-order valence-electron chi connectivity index (χ1n) is 11.5. The van der Waals surface area contributed by atoms with Crippen molar-refractivity contribution in [1.29, 1.82) is 4.78 Å². The number of alkyl halides is 3. The summed E-state index contributed by atoms with van der Waals surface area (Å²) in [6.07, 6.45) is -6.79. The molecule has 1 aromatic carbocycles. The van der Waals surface area contributed by atoms with Crippen LogP contribution in [0, 0.1) is 4.78 Å². The van der Waals surface area contributed by atoms with Gasteiger partial charge >= 0.3 is 18.2 Å². The molecule has 0 bridgehead atoms. The van der Waals surface area contributed by atoms with Crippen LogP contribution in [-0.2, 0) is 33.0 Å². The van der Waals surface area contributed by atoms with Crippen LogP contribution in [0.1, 0.15) is 65.9 Å². The number of hydrogen-bond acceptors (Lipinski definition) is 8.